The Bertz CT molecular complexity index is 683. The van der Waals surface area contributed by atoms with Gasteiger partial charge in [0.1, 0.15) is 5.75 Å². The van der Waals surface area contributed by atoms with E-state index in [4.69, 9.17) is 4.74 Å². The molecule has 1 atom stereocenters. The molecule has 1 aromatic rings. The summed E-state index contributed by atoms with van der Waals surface area (Å²) in [6.07, 6.45) is 7.62. The molecule has 2 saturated heterocycles. The zero-order valence-electron chi connectivity index (χ0n) is 16.0. The van der Waals surface area contributed by atoms with Gasteiger partial charge in [0.15, 0.2) is 0 Å². The van der Waals surface area contributed by atoms with E-state index in [0.29, 0.717) is 13.1 Å². The summed E-state index contributed by atoms with van der Waals surface area (Å²) in [5, 5.41) is 2.90. The Morgan fingerprint density at radius 1 is 1.22 bits per heavy atom. The van der Waals surface area contributed by atoms with Crippen LogP contribution in [0.15, 0.2) is 30.3 Å². The number of piperidine rings is 1. The number of carbonyl (C=O) groups excluding carboxylic acids is 2. The number of hydrogen-bond acceptors (Lipinski definition) is 4. The number of carbonyl (C=O) groups is 2. The van der Waals surface area contributed by atoms with E-state index >= 15 is 0 Å². The molecule has 2 amide bonds. The van der Waals surface area contributed by atoms with Crippen molar-refractivity contribution in [3.05, 3.63) is 35.9 Å². The number of para-hydroxylation sites is 1. The first-order valence-corrected chi connectivity index (χ1v) is 9.78. The molecular formula is C21H29N3O3. The van der Waals surface area contributed by atoms with Crippen LogP contribution in [0, 0.1) is 0 Å². The van der Waals surface area contributed by atoms with Gasteiger partial charge in [-0.25, -0.2) is 0 Å². The van der Waals surface area contributed by atoms with Gasteiger partial charge in [0.2, 0.25) is 11.8 Å². The smallest absolute Gasteiger partial charge is 0.237 e. The van der Waals surface area contributed by atoms with Crippen molar-refractivity contribution in [1.82, 2.24) is 15.1 Å². The van der Waals surface area contributed by atoms with Crippen LogP contribution in [0.3, 0.4) is 0 Å². The first kappa shape index (κ1) is 19.4. The second kappa shape index (κ2) is 9.55. The number of rotatable bonds is 6. The molecular weight excluding hydrogens is 342 g/mol. The van der Waals surface area contributed by atoms with Gasteiger partial charge in [-0.15, -0.1) is 0 Å². The number of hydrogen-bond donors (Lipinski definition) is 1. The summed E-state index contributed by atoms with van der Waals surface area (Å²) < 4.78 is 5.37. The Morgan fingerprint density at radius 2 is 2.00 bits per heavy atom. The van der Waals surface area contributed by atoms with Crippen LogP contribution in [0.2, 0.25) is 0 Å². The van der Waals surface area contributed by atoms with E-state index in [2.05, 4.69) is 10.2 Å². The highest BCUT2D eigenvalue weighted by atomic mass is 16.5. The Hall–Kier alpha value is -2.34. The predicted molar refractivity (Wildman–Crippen MR) is 105 cm³/mol. The normalized spacial score (nSPS) is 21.3. The molecule has 1 aromatic carbocycles. The van der Waals surface area contributed by atoms with Crippen LogP contribution < -0.4 is 10.1 Å². The van der Waals surface area contributed by atoms with Crippen molar-refractivity contribution in [3.8, 4) is 5.75 Å². The van der Waals surface area contributed by atoms with Crippen molar-refractivity contribution in [2.75, 3.05) is 39.8 Å². The number of ether oxygens (including phenoxy) is 1. The number of piperazine rings is 1. The number of likely N-dealkylation sites (tertiary alicyclic amines) is 1. The molecule has 146 valence electrons. The SMILES string of the molecule is COc1ccccc1C=CCN1CCNC(=O)C1CC(=O)N1CCCCC1. The summed E-state index contributed by atoms with van der Waals surface area (Å²) in [4.78, 5) is 29.0. The van der Waals surface area contributed by atoms with Gasteiger partial charge in [-0.3, -0.25) is 14.5 Å². The molecule has 0 radical (unpaired) electrons. The lowest BCUT2D eigenvalue weighted by molar-refractivity contribution is -0.139. The summed E-state index contributed by atoms with van der Waals surface area (Å²) in [6, 6.07) is 7.43. The minimum atomic E-state index is -0.393. The Labute approximate surface area is 161 Å². The van der Waals surface area contributed by atoms with Crippen LogP contribution in [-0.2, 0) is 9.59 Å². The van der Waals surface area contributed by atoms with Gasteiger partial charge in [-0.1, -0.05) is 30.4 Å². The fraction of sp³-hybridized carbons (Fsp3) is 0.524. The zero-order chi connectivity index (χ0) is 19.1. The van der Waals surface area contributed by atoms with Crippen LogP contribution in [-0.4, -0.2) is 67.5 Å². The third-order valence-electron chi connectivity index (χ3n) is 5.29. The second-order valence-corrected chi connectivity index (χ2v) is 7.09. The third kappa shape index (κ3) is 5.10. The molecule has 3 rings (SSSR count). The van der Waals surface area contributed by atoms with Gasteiger partial charge in [0.05, 0.1) is 19.6 Å². The lowest BCUT2D eigenvalue weighted by Crippen LogP contribution is -2.56. The molecule has 1 N–H and O–H groups in total. The Balaban J connectivity index is 1.62. The highest BCUT2D eigenvalue weighted by Crippen LogP contribution is 2.19. The van der Waals surface area contributed by atoms with E-state index in [9.17, 15) is 9.59 Å². The topological polar surface area (TPSA) is 61.9 Å². The number of nitrogens with one attached hydrogen (secondary N) is 1. The van der Waals surface area contributed by atoms with Crippen LogP contribution in [0.4, 0.5) is 0 Å². The Kier molecular flexibility index (Phi) is 6.87. The number of nitrogens with zero attached hydrogens (tertiary/aromatic N) is 2. The molecule has 27 heavy (non-hydrogen) atoms. The first-order valence-electron chi connectivity index (χ1n) is 9.78. The molecule has 0 bridgehead atoms. The van der Waals surface area contributed by atoms with E-state index in [-0.39, 0.29) is 18.2 Å². The zero-order valence-corrected chi connectivity index (χ0v) is 16.0. The summed E-state index contributed by atoms with van der Waals surface area (Å²) in [6.45, 7) is 3.64. The maximum absolute atomic E-state index is 12.6. The van der Waals surface area contributed by atoms with Crippen LogP contribution in [0.1, 0.15) is 31.2 Å². The minimum Gasteiger partial charge on any atom is -0.496 e. The molecule has 2 fully saturated rings. The van der Waals surface area contributed by atoms with Gasteiger partial charge >= 0.3 is 0 Å². The van der Waals surface area contributed by atoms with Crippen LogP contribution in [0.5, 0.6) is 5.75 Å². The molecule has 1 unspecified atom stereocenters. The maximum Gasteiger partial charge on any atom is 0.237 e. The molecule has 0 aliphatic carbocycles. The standard InChI is InChI=1S/C21H29N3O3/c1-27-19-10-4-3-8-17(19)9-7-14-23-15-11-22-21(26)18(23)16-20(25)24-12-5-2-6-13-24/h3-4,7-10,18H,2,5-6,11-16H2,1H3,(H,22,26). The lowest BCUT2D eigenvalue weighted by atomic mass is 10.1. The van der Waals surface area contributed by atoms with Crippen molar-refractivity contribution in [3.63, 3.8) is 0 Å². The average Bonchev–Trinajstić information content (AvgIpc) is 2.71. The Morgan fingerprint density at radius 3 is 2.78 bits per heavy atom. The molecule has 6 heteroatoms. The summed E-state index contributed by atoms with van der Waals surface area (Å²) >= 11 is 0. The first-order chi connectivity index (χ1) is 13.2. The van der Waals surface area contributed by atoms with Gasteiger partial charge < -0.3 is 15.0 Å². The lowest BCUT2D eigenvalue weighted by Gasteiger charge is -2.35. The number of benzene rings is 1. The van der Waals surface area contributed by atoms with Gasteiger partial charge in [0, 0.05) is 38.3 Å². The molecule has 2 aliphatic rings. The van der Waals surface area contributed by atoms with Gasteiger partial charge in [-0.05, 0) is 25.3 Å². The fourth-order valence-corrected chi connectivity index (χ4v) is 3.76. The van der Waals surface area contributed by atoms with Crippen molar-refractivity contribution in [1.29, 1.82) is 0 Å². The molecule has 6 nitrogen and oxygen atoms in total. The highest BCUT2D eigenvalue weighted by molar-refractivity contribution is 5.89. The van der Waals surface area contributed by atoms with Crippen molar-refractivity contribution >= 4 is 17.9 Å². The third-order valence-corrected chi connectivity index (χ3v) is 5.29. The van der Waals surface area contributed by atoms with Crippen molar-refractivity contribution < 1.29 is 14.3 Å². The summed E-state index contributed by atoms with van der Waals surface area (Å²) in [7, 11) is 1.66. The van der Waals surface area contributed by atoms with Crippen molar-refractivity contribution in [2.45, 2.75) is 31.7 Å². The molecule has 0 aromatic heterocycles. The quantitative estimate of drug-likeness (QED) is 0.830. The molecule has 0 saturated carbocycles. The number of amides is 2. The minimum absolute atomic E-state index is 0.0442. The monoisotopic (exact) mass is 371 g/mol. The molecule has 2 heterocycles. The van der Waals surface area contributed by atoms with Gasteiger partial charge in [0.25, 0.3) is 0 Å². The summed E-state index contributed by atoms with van der Waals surface area (Å²) in [5.74, 6) is 0.870. The average molecular weight is 371 g/mol. The highest BCUT2D eigenvalue weighted by Gasteiger charge is 2.32. The second-order valence-electron chi connectivity index (χ2n) is 7.09. The molecule has 2 aliphatic heterocycles. The van der Waals surface area contributed by atoms with E-state index < -0.39 is 6.04 Å². The fourth-order valence-electron chi connectivity index (χ4n) is 3.76. The summed E-state index contributed by atoms with van der Waals surface area (Å²) in [5.41, 5.74) is 1.00. The number of methoxy groups -OCH3 is 1. The van der Waals surface area contributed by atoms with E-state index in [1.54, 1.807) is 7.11 Å². The molecule has 0 spiro atoms. The van der Waals surface area contributed by atoms with Crippen LogP contribution in [0.25, 0.3) is 6.08 Å². The largest absolute Gasteiger partial charge is 0.496 e. The van der Waals surface area contributed by atoms with Crippen molar-refractivity contribution in [2.24, 2.45) is 0 Å². The maximum atomic E-state index is 12.6. The van der Waals surface area contributed by atoms with E-state index in [0.717, 1.165) is 43.8 Å². The predicted octanol–water partition coefficient (Wildman–Crippen LogP) is 1.91. The van der Waals surface area contributed by atoms with Crippen LogP contribution >= 0.6 is 0 Å². The van der Waals surface area contributed by atoms with Gasteiger partial charge in [-0.2, -0.15) is 0 Å². The van der Waals surface area contributed by atoms with E-state index in [1.807, 2.05) is 41.3 Å². The van der Waals surface area contributed by atoms with E-state index in [1.165, 1.54) is 6.42 Å².